The fourth-order valence-corrected chi connectivity index (χ4v) is 0.454. The van der Waals surface area contributed by atoms with Gasteiger partial charge in [-0.05, 0) is 13.8 Å². The van der Waals surface area contributed by atoms with Crippen molar-refractivity contribution in [3.05, 3.63) is 0 Å². The van der Waals surface area contributed by atoms with Crippen molar-refractivity contribution in [2.45, 2.75) is 27.2 Å². The summed E-state index contributed by atoms with van der Waals surface area (Å²) in [5.74, 6) is -0.605. The second-order valence-electron chi connectivity index (χ2n) is 1.71. The molecule has 0 rings (SSSR count). The Hall–Kier alpha value is -0.610. The molecule has 4 nitrogen and oxygen atoms in total. The van der Waals surface area contributed by atoms with Crippen LogP contribution < -0.4 is 0 Å². The van der Waals surface area contributed by atoms with Gasteiger partial charge in [-0.2, -0.15) is 0 Å². The monoisotopic (exact) mass is 163 g/mol. The third-order valence-corrected chi connectivity index (χ3v) is 0.751. The van der Waals surface area contributed by atoms with Crippen LogP contribution in [0.1, 0.15) is 22.1 Å². The van der Waals surface area contributed by atoms with Crippen molar-refractivity contribution >= 4 is 5.97 Å². The first-order valence-electron chi connectivity index (χ1n) is 4.01. The molecule has 0 radical (unpaired) electrons. The molecule has 11 heavy (non-hydrogen) atoms. The second-order valence-corrected chi connectivity index (χ2v) is 1.71. The van der Waals surface area contributed by atoms with E-state index in [-0.39, 0.29) is 13.2 Å². The molecule has 0 bridgehead atoms. The Balaban J connectivity index is 4.07. The van der Waals surface area contributed by atoms with E-state index in [9.17, 15) is 4.79 Å². The van der Waals surface area contributed by atoms with Crippen LogP contribution in [0.25, 0.3) is 0 Å². The average Bonchev–Trinajstić information content (AvgIpc) is 1.85. The molecule has 0 saturated carbocycles. The number of esters is 1. The summed E-state index contributed by atoms with van der Waals surface area (Å²) >= 11 is 0. The van der Waals surface area contributed by atoms with E-state index in [0.29, 0.717) is 0 Å². The van der Waals surface area contributed by atoms with Crippen LogP contribution in [0, 0.1) is 0 Å². The van der Waals surface area contributed by atoms with Crippen LogP contribution >= 0.6 is 0 Å². The Kier molecular flexibility index (Phi) is 4.72. The van der Waals surface area contributed by atoms with Gasteiger partial charge in [0, 0.05) is 6.92 Å². The SMILES string of the molecule is [2H]C(OCC)(OCC)OC(C)=O. The molecule has 0 N–H and O–H groups in total. The van der Waals surface area contributed by atoms with Crippen LogP contribution in [0.4, 0.5) is 0 Å². The largest absolute Gasteiger partial charge is 0.410 e. The highest BCUT2D eigenvalue weighted by Crippen LogP contribution is 1.97. The highest BCUT2D eigenvalue weighted by Gasteiger charge is 2.09. The lowest BCUT2D eigenvalue weighted by Gasteiger charge is -2.15. The maximum Gasteiger partial charge on any atom is 0.318 e. The van der Waals surface area contributed by atoms with Crippen LogP contribution in [0.15, 0.2) is 0 Å². The first-order valence-corrected chi connectivity index (χ1v) is 3.51. The molecular formula is C7H14O4. The van der Waals surface area contributed by atoms with E-state index < -0.39 is 12.4 Å². The van der Waals surface area contributed by atoms with E-state index in [1.807, 2.05) is 0 Å². The van der Waals surface area contributed by atoms with Gasteiger partial charge < -0.3 is 14.2 Å². The number of carbonyl (C=O) groups excluding carboxylic acids is 1. The minimum Gasteiger partial charge on any atom is -0.410 e. The van der Waals surface area contributed by atoms with E-state index in [1.54, 1.807) is 13.8 Å². The van der Waals surface area contributed by atoms with Crippen LogP contribution in [0.2, 0.25) is 0 Å². The molecule has 0 amide bonds. The zero-order valence-electron chi connectivity index (χ0n) is 8.05. The highest BCUT2D eigenvalue weighted by atomic mass is 16.8. The van der Waals surface area contributed by atoms with Gasteiger partial charge in [-0.3, -0.25) is 4.79 Å². The fourth-order valence-electron chi connectivity index (χ4n) is 0.454. The van der Waals surface area contributed by atoms with Crippen LogP contribution in [-0.2, 0) is 19.0 Å². The van der Waals surface area contributed by atoms with Gasteiger partial charge in [0.15, 0.2) is 0 Å². The minimum atomic E-state index is -1.98. The van der Waals surface area contributed by atoms with E-state index >= 15 is 0 Å². The molecule has 0 aromatic rings. The molecule has 4 heteroatoms. The summed E-state index contributed by atoms with van der Waals surface area (Å²) in [7, 11) is 0. The molecule has 0 heterocycles. The molecule has 0 saturated heterocycles. The summed E-state index contributed by atoms with van der Waals surface area (Å²) < 4.78 is 21.4. The predicted octanol–water partition coefficient (Wildman–Crippen LogP) is 0.906. The summed E-state index contributed by atoms with van der Waals surface area (Å²) in [4.78, 5) is 10.5. The fraction of sp³-hybridized carbons (Fsp3) is 0.857. The zero-order chi connectivity index (χ0) is 9.61. The second kappa shape index (κ2) is 6.12. The molecule has 0 atom stereocenters. The van der Waals surface area contributed by atoms with Gasteiger partial charge in [-0.1, -0.05) is 0 Å². The van der Waals surface area contributed by atoms with Crippen LogP contribution in [0.5, 0.6) is 0 Å². The first kappa shape index (κ1) is 8.49. The summed E-state index contributed by atoms with van der Waals surface area (Å²) in [6.07, 6.45) is 0. The van der Waals surface area contributed by atoms with Crippen LogP contribution in [-0.4, -0.2) is 25.6 Å². The van der Waals surface area contributed by atoms with E-state index in [4.69, 9.17) is 10.8 Å². The summed E-state index contributed by atoms with van der Waals surface area (Å²) in [6, 6.07) is 0. The topological polar surface area (TPSA) is 44.8 Å². The number of ether oxygens (including phenoxy) is 3. The van der Waals surface area contributed by atoms with Crippen molar-refractivity contribution in [2.75, 3.05) is 13.2 Å². The van der Waals surface area contributed by atoms with Crippen LogP contribution in [0.3, 0.4) is 0 Å². The third-order valence-electron chi connectivity index (χ3n) is 0.751. The Morgan fingerprint density at radius 2 is 1.91 bits per heavy atom. The Labute approximate surface area is 67.8 Å². The lowest BCUT2D eigenvalue weighted by Crippen LogP contribution is -2.23. The average molecular weight is 163 g/mol. The van der Waals surface area contributed by atoms with E-state index in [0.717, 1.165) is 0 Å². The van der Waals surface area contributed by atoms with Gasteiger partial charge in [0.05, 0.1) is 13.2 Å². The standard InChI is InChI=1S/C7H14O4/c1-4-9-7(10-5-2)11-6(3)8/h7H,4-5H2,1-3H3/i7D. The Morgan fingerprint density at radius 3 is 2.18 bits per heavy atom. The Morgan fingerprint density at radius 1 is 1.45 bits per heavy atom. The molecule has 0 aliphatic rings. The molecular weight excluding hydrogens is 148 g/mol. The van der Waals surface area contributed by atoms with Crippen molar-refractivity contribution in [3.63, 3.8) is 0 Å². The van der Waals surface area contributed by atoms with E-state index in [1.165, 1.54) is 6.92 Å². The summed E-state index contributed by atoms with van der Waals surface area (Å²) in [6.45, 7) is 3.09. The van der Waals surface area contributed by atoms with Gasteiger partial charge in [0.2, 0.25) is 0 Å². The molecule has 0 aromatic carbocycles. The van der Waals surface area contributed by atoms with E-state index in [2.05, 4.69) is 4.74 Å². The zero-order valence-corrected chi connectivity index (χ0v) is 7.05. The molecule has 0 unspecified atom stereocenters. The normalized spacial score (nSPS) is 12.5. The van der Waals surface area contributed by atoms with Gasteiger partial charge >= 0.3 is 12.4 Å². The smallest absolute Gasteiger partial charge is 0.318 e. The quantitative estimate of drug-likeness (QED) is 0.446. The van der Waals surface area contributed by atoms with Gasteiger partial charge in [-0.15, -0.1) is 0 Å². The van der Waals surface area contributed by atoms with Crippen molar-refractivity contribution < 1.29 is 20.4 Å². The molecule has 0 aliphatic carbocycles. The maximum absolute atomic E-state index is 10.5. The minimum absolute atomic E-state index is 0.247. The maximum atomic E-state index is 10.5. The first-order chi connectivity index (χ1) is 5.54. The third kappa shape index (κ3) is 5.82. The molecule has 66 valence electrons. The predicted molar refractivity (Wildman–Crippen MR) is 38.8 cm³/mol. The van der Waals surface area contributed by atoms with Gasteiger partial charge in [0.25, 0.3) is 0 Å². The molecule has 0 fully saturated rings. The number of rotatable bonds is 5. The van der Waals surface area contributed by atoms with Crippen molar-refractivity contribution in [2.24, 2.45) is 0 Å². The summed E-state index contributed by atoms with van der Waals surface area (Å²) in [5, 5.41) is 0. The van der Waals surface area contributed by atoms with Gasteiger partial charge in [-0.25, -0.2) is 0 Å². The molecule has 0 aromatic heterocycles. The Bertz CT molecular complexity index is 142. The summed E-state index contributed by atoms with van der Waals surface area (Å²) in [5.41, 5.74) is 0. The number of hydrogen-bond acceptors (Lipinski definition) is 4. The van der Waals surface area contributed by atoms with Gasteiger partial charge in [0.1, 0.15) is 1.37 Å². The van der Waals surface area contributed by atoms with Crippen molar-refractivity contribution in [3.8, 4) is 0 Å². The molecule has 0 spiro atoms. The van der Waals surface area contributed by atoms with Crippen molar-refractivity contribution in [1.29, 1.82) is 0 Å². The lowest BCUT2D eigenvalue weighted by atomic mass is 10.8. The molecule has 0 aliphatic heterocycles. The number of hydrogen-bond donors (Lipinski definition) is 0. The lowest BCUT2D eigenvalue weighted by molar-refractivity contribution is -0.271. The number of carbonyl (C=O) groups is 1. The highest BCUT2D eigenvalue weighted by molar-refractivity contribution is 5.65. The van der Waals surface area contributed by atoms with Crippen molar-refractivity contribution in [1.82, 2.24) is 0 Å².